The molecule has 59 heavy (non-hydrogen) atoms. The zero-order valence-electron chi connectivity index (χ0n) is 35.4. The Balaban J connectivity index is 0.000000280. The number of hydrogen-bond acceptors (Lipinski definition) is 7. The summed E-state index contributed by atoms with van der Waals surface area (Å²) in [5.74, 6) is -0.649. The highest BCUT2D eigenvalue weighted by atomic mass is 16.5. The Morgan fingerprint density at radius 2 is 1.08 bits per heavy atom. The normalized spacial score (nSPS) is 11.3. The van der Waals surface area contributed by atoms with Gasteiger partial charge in [0, 0.05) is 56.1 Å². The number of pyridine rings is 1. The first kappa shape index (κ1) is 45.4. The van der Waals surface area contributed by atoms with E-state index in [0.29, 0.717) is 53.1 Å². The van der Waals surface area contributed by atoms with E-state index in [1.807, 2.05) is 82.3 Å². The number of nitrogens with zero attached hydrogens (tertiary/aromatic N) is 3. The molecule has 0 aliphatic rings. The van der Waals surface area contributed by atoms with Crippen LogP contribution >= 0.6 is 0 Å². The van der Waals surface area contributed by atoms with Crippen molar-refractivity contribution < 1.29 is 34.1 Å². The number of methoxy groups -OCH3 is 1. The molecule has 1 aromatic heterocycles. The molecular formula is C48H56N4O7. The molecule has 5 aromatic rings. The Labute approximate surface area is 347 Å². The maximum Gasteiger partial charge on any atom is 0.335 e. The summed E-state index contributed by atoms with van der Waals surface area (Å²) in [6.07, 6.45) is 1.55. The third-order valence-corrected chi connectivity index (χ3v) is 9.47. The number of hydrogen-bond donors (Lipinski definition) is 3. The van der Waals surface area contributed by atoms with E-state index in [0.717, 1.165) is 33.4 Å². The summed E-state index contributed by atoms with van der Waals surface area (Å²) in [4.78, 5) is 58.0. The number of aromatic nitrogens is 1. The smallest absolute Gasteiger partial charge is 0.335 e. The maximum absolute atomic E-state index is 13.3. The molecule has 11 heteroatoms. The van der Waals surface area contributed by atoms with Crippen LogP contribution in [0.5, 0.6) is 5.88 Å². The molecule has 0 spiro atoms. The fourth-order valence-corrected chi connectivity index (χ4v) is 6.48. The quantitative estimate of drug-likeness (QED) is 0.102. The summed E-state index contributed by atoms with van der Waals surface area (Å²) in [7, 11) is 5.02. The summed E-state index contributed by atoms with van der Waals surface area (Å²) < 4.78 is 5.08. The van der Waals surface area contributed by atoms with Crippen molar-refractivity contribution in [2.24, 2.45) is 11.8 Å². The van der Waals surface area contributed by atoms with Crippen molar-refractivity contribution in [3.8, 4) is 28.1 Å². The lowest BCUT2D eigenvalue weighted by Gasteiger charge is -2.21. The maximum atomic E-state index is 13.3. The van der Waals surface area contributed by atoms with Gasteiger partial charge < -0.3 is 30.1 Å². The largest absolute Gasteiger partial charge is 0.481 e. The van der Waals surface area contributed by atoms with Gasteiger partial charge in [-0.25, -0.2) is 9.78 Å². The highest BCUT2D eigenvalue weighted by Gasteiger charge is 2.21. The van der Waals surface area contributed by atoms with E-state index in [-0.39, 0.29) is 24.0 Å². The van der Waals surface area contributed by atoms with Gasteiger partial charge in [-0.05, 0) is 96.0 Å². The van der Waals surface area contributed by atoms with Gasteiger partial charge in [0.15, 0.2) is 0 Å². The van der Waals surface area contributed by atoms with Crippen molar-refractivity contribution in [3.63, 3.8) is 0 Å². The SMILES string of the molecule is COc1ccc([C@@H](CO)NC(=O)c2cc(C(=O)N(C)CC(C)C)cc(-c3ccc(C)cc3)c2)cn1.Cc1ccc(-c2cc(C(=O)O)cc(C(=O)N(C)CC(C)C)c2)cc1. The number of aryl methyl sites for hydroxylation is 2. The van der Waals surface area contributed by atoms with Crippen LogP contribution in [0, 0.1) is 25.7 Å². The lowest BCUT2D eigenvalue weighted by molar-refractivity contribution is 0.0695. The first-order valence-corrected chi connectivity index (χ1v) is 19.6. The van der Waals surface area contributed by atoms with E-state index in [2.05, 4.69) is 24.1 Å². The number of amides is 3. The number of aromatic carboxylic acids is 1. The van der Waals surface area contributed by atoms with Crippen LogP contribution in [0.3, 0.4) is 0 Å². The fraction of sp³-hybridized carbons (Fsp3) is 0.312. The monoisotopic (exact) mass is 800 g/mol. The number of ether oxygens (including phenoxy) is 1. The minimum atomic E-state index is -1.04. The summed E-state index contributed by atoms with van der Waals surface area (Å²) >= 11 is 0. The van der Waals surface area contributed by atoms with Crippen LogP contribution in [0.25, 0.3) is 22.3 Å². The van der Waals surface area contributed by atoms with Crippen molar-refractivity contribution in [2.45, 2.75) is 47.6 Å². The first-order valence-electron chi connectivity index (χ1n) is 19.6. The van der Waals surface area contributed by atoms with E-state index in [1.54, 1.807) is 66.5 Å². The average molecular weight is 801 g/mol. The molecule has 0 aliphatic heterocycles. The van der Waals surface area contributed by atoms with Gasteiger partial charge in [0.2, 0.25) is 5.88 Å². The number of rotatable bonds is 14. The Morgan fingerprint density at radius 3 is 1.47 bits per heavy atom. The van der Waals surface area contributed by atoms with Crippen molar-refractivity contribution in [1.82, 2.24) is 20.1 Å². The standard InChI is InChI=1S/C28H33N3O4.C20H23NO3/c1-18(2)16-31(4)28(34)24-13-22(20-8-6-19(3)7-9-20)12-23(14-24)27(33)30-25(17-32)21-10-11-26(35-5)29-15-21;1-13(2)12-21(4)19(22)17-9-16(10-18(11-17)20(23)24)15-7-5-14(3)6-8-15/h6-15,18,25,32H,16-17H2,1-5H3,(H,30,33);5-11,13H,12H2,1-4H3,(H,23,24)/t25-;/m1./s1. The molecule has 0 unspecified atom stereocenters. The van der Waals surface area contributed by atoms with Crippen LogP contribution in [0.2, 0.25) is 0 Å². The predicted octanol–water partition coefficient (Wildman–Crippen LogP) is 8.35. The molecule has 1 heterocycles. The molecule has 3 amide bonds. The van der Waals surface area contributed by atoms with E-state index in [9.17, 15) is 29.4 Å². The molecule has 0 saturated carbocycles. The number of aliphatic hydroxyl groups is 1. The highest BCUT2D eigenvalue weighted by molar-refractivity contribution is 6.02. The summed E-state index contributed by atoms with van der Waals surface area (Å²) in [6, 6.07) is 28.5. The van der Waals surface area contributed by atoms with Crippen molar-refractivity contribution in [1.29, 1.82) is 0 Å². The minimum Gasteiger partial charge on any atom is -0.481 e. The molecule has 11 nitrogen and oxygen atoms in total. The number of benzene rings is 4. The van der Waals surface area contributed by atoms with Gasteiger partial charge in [-0.2, -0.15) is 0 Å². The van der Waals surface area contributed by atoms with Crippen LogP contribution in [0.4, 0.5) is 0 Å². The van der Waals surface area contributed by atoms with E-state index in [1.165, 1.54) is 13.2 Å². The molecule has 3 N–H and O–H groups in total. The number of carbonyl (C=O) groups is 4. The highest BCUT2D eigenvalue weighted by Crippen LogP contribution is 2.26. The second kappa shape index (κ2) is 20.9. The Morgan fingerprint density at radius 1 is 0.644 bits per heavy atom. The van der Waals surface area contributed by atoms with Crippen LogP contribution in [0.1, 0.15) is 91.9 Å². The number of carboxylic acids is 1. The number of carboxylic acid groups (broad SMARTS) is 1. The second-order valence-electron chi connectivity index (χ2n) is 15.6. The molecule has 0 aliphatic carbocycles. The second-order valence-corrected chi connectivity index (χ2v) is 15.6. The van der Waals surface area contributed by atoms with Gasteiger partial charge in [0.25, 0.3) is 17.7 Å². The predicted molar refractivity (Wildman–Crippen MR) is 232 cm³/mol. The summed E-state index contributed by atoms with van der Waals surface area (Å²) in [5.41, 5.74) is 7.48. The zero-order valence-corrected chi connectivity index (χ0v) is 35.4. The Hall–Kier alpha value is -6.33. The Kier molecular flexibility index (Phi) is 16.1. The summed E-state index contributed by atoms with van der Waals surface area (Å²) in [6.45, 7) is 13.1. The molecular weight excluding hydrogens is 745 g/mol. The van der Waals surface area contributed by atoms with Crippen LogP contribution < -0.4 is 10.1 Å². The molecule has 0 fully saturated rings. The molecule has 1 atom stereocenters. The number of aliphatic hydroxyl groups excluding tert-OH is 1. The molecule has 310 valence electrons. The zero-order chi connectivity index (χ0) is 43.4. The lowest BCUT2D eigenvalue weighted by Crippen LogP contribution is -2.32. The van der Waals surface area contributed by atoms with Gasteiger partial charge in [-0.1, -0.05) is 87.4 Å². The van der Waals surface area contributed by atoms with Gasteiger partial charge >= 0.3 is 5.97 Å². The van der Waals surface area contributed by atoms with Crippen molar-refractivity contribution in [2.75, 3.05) is 40.9 Å². The summed E-state index contributed by atoms with van der Waals surface area (Å²) in [5, 5.41) is 22.1. The van der Waals surface area contributed by atoms with Gasteiger partial charge in [-0.15, -0.1) is 0 Å². The van der Waals surface area contributed by atoms with E-state index >= 15 is 0 Å². The van der Waals surface area contributed by atoms with Gasteiger partial charge in [0.05, 0.1) is 25.3 Å². The Bertz CT molecular complexity index is 2220. The fourth-order valence-electron chi connectivity index (χ4n) is 6.48. The van der Waals surface area contributed by atoms with Crippen molar-refractivity contribution in [3.05, 3.63) is 142 Å². The third-order valence-electron chi connectivity index (χ3n) is 9.47. The van der Waals surface area contributed by atoms with Gasteiger partial charge in [0.1, 0.15) is 0 Å². The van der Waals surface area contributed by atoms with Crippen molar-refractivity contribution >= 4 is 23.7 Å². The molecule has 0 bridgehead atoms. The van der Waals surface area contributed by atoms with Crippen LogP contribution in [-0.4, -0.2) is 89.6 Å². The van der Waals surface area contributed by atoms with Crippen LogP contribution in [0.15, 0.2) is 103 Å². The number of nitrogens with one attached hydrogen (secondary N) is 1. The minimum absolute atomic E-state index is 0.120. The van der Waals surface area contributed by atoms with Gasteiger partial charge in [-0.3, -0.25) is 14.4 Å². The molecule has 4 aromatic carbocycles. The van der Waals surface area contributed by atoms with E-state index < -0.39 is 17.9 Å². The lowest BCUT2D eigenvalue weighted by atomic mass is 9.97. The third kappa shape index (κ3) is 12.8. The number of carbonyl (C=O) groups excluding carboxylic acids is 3. The van der Waals surface area contributed by atoms with E-state index in [4.69, 9.17) is 4.74 Å². The topological polar surface area (TPSA) is 149 Å². The molecule has 0 radical (unpaired) electrons. The molecule has 5 rings (SSSR count). The van der Waals surface area contributed by atoms with Crippen LogP contribution in [-0.2, 0) is 0 Å². The first-order chi connectivity index (χ1) is 28.0. The molecule has 0 saturated heterocycles. The average Bonchev–Trinajstić information content (AvgIpc) is 3.22.